The van der Waals surface area contributed by atoms with Gasteiger partial charge in [-0.05, 0) is 45.7 Å². The molecule has 7 heteroatoms. The van der Waals surface area contributed by atoms with Crippen LogP contribution in [0, 0.1) is 0 Å². The topological polar surface area (TPSA) is 75.3 Å². The molecule has 2 aromatic rings. The molecule has 128 valence electrons. The number of nitrogens with zero attached hydrogens (tertiary/aromatic N) is 2. The summed E-state index contributed by atoms with van der Waals surface area (Å²) < 4.78 is 5.46. The van der Waals surface area contributed by atoms with Crippen LogP contribution in [0.1, 0.15) is 45.5 Å². The van der Waals surface area contributed by atoms with Gasteiger partial charge in [0.15, 0.2) is 0 Å². The minimum Gasteiger partial charge on any atom is -0.444 e. The van der Waals surface area contributed by atoms with Gasteiger partial charge in [-0.2, -0.15) is 0 Å². The number of fused-ring (bicyclic) bond motifs is 1. The van der Waals surface area contributed by atoms with E-state index in [-0.39, 0.29) is 17.7 Å². The van der Waals surface area contributed by atoms with E-state index in [1.54, 1.807) is 23.1 Å². The van der Waals surface area contributed by atoms with Crippen LogP contribution >= 0.6 is 11.6 Å². The highest BCUT2D eigenvalue weighted by Crippen LogP contribution is 2.31. The van der Waals surface area contributed by atoms with Gasteiger partial charge < -0.3 is 9.72 Å². The van der Waals surface area contributed by atoms with Gasteiger partial charge in [0.05, 0.1) is 22.0 Å². The summed E-state index contributed by atoms with van der Waals surface area (Å²) in [6.07, 6.45) is 1.17. The number of hydrogen-bond acceptors (Lipinski definition) is 4. The second-order valence-electron chi connectivity index (χ2n) is 6.92. The molecule has 1 atom stereocenters. The molecule has 0 spiro atoms. The van der Waals surface area contributed by atoms with Crippen LogP contribution in [0.2, 0.25) is 5.02 Å². The fourth-order valence-corrected chi connectivity index (χ4v) is 3.17. The Morgan fingerprint density at radius 2 is 2.17 bits per heavy atom. The number of amides is 1. The molecular weight excluding hydrogens is 330 g/mol. The fraction of sp³-hybridized carbons (Fsp3) is 0.471. The van der Waals surface area contributed by atoms with Crippen molar-refractivity contribution in [2.45, 2.75) is 45.3 Å². The normalized spacial score (nSPS) is 18.2. The quantitative estimate of drug-likeness (QED) is 0.852. The first-order valence-electron chi connectivity index (χ1n) is 7.94. The second-order valence-corrected chi connectivity index (χ2v) is 7.32. The molecule has 0 aliphatic carbocycles. The molecule has 1 aromatic heterocycles. The fourth-order valence-electron chi connectivity index (χ4n) is 2.92. The van der Waals surface area contributed by atoms with Crippen LogP contribution in [0.4, 0.5) is 4.79 Å². The van der Waals surface area contributed by atoms with Crippen molar-refractivity contribution < 1.29 is 9.53 Å². The summed E-state index contributed by atoms with van der Waals surface area (Å²) in [5.41, 5.74) is -0.337. The van der Waals surface area contributed by atoms with Crippen LogP contribution in [0.15, 0.2) is 23.0 Å². The lowest BCUT2D eigenvalue weighted by molar-refractivity contribution is 0.0218. The molecule has 3 rings (SSSR count). The molecule has 6 nitrogen and oxygen atoms in total. The Labute approximate surface area is 144 Å². The first-order valence-corrected chi connectivity index (χ1v) is 8.32. The number of rotatable bonds is 1. The number of likely N-dealkylation sites (tertiary alicyclic amines) is 1. The van der Waals surface area contributed by atoms with E-state index in [0.29, 0.717) is 28.3 Å². The van der Waals surface area contributed by atoms with Crippen molar-refractivity contribution in [3.63, 3.8) is 0 Å². The Morgan fingerprint density at radius 1 is 1.42 bits per heavy atom. The van der Waals surface area contributed by atoms with Gasteiger partial charge in [-0.25, -0.2) is 9.78 Å². The third kappa shape index (κ3) is 3.24. The molecule has 1 saturated heterocycles. The van der Waals surface area contributed by atoms with Crippen molar-refractivity contribution >= 4 is 28.6 Å². The predicted molar refractivity (Wildman–Crippen MR) is 92.3 cm³/mol. The van der Waals surface area contributed by atoms with Gasteiger partial charge in [0.2, 0.25) is 0 Å². The third-order valence-electron chi connectivity index (χ3n) is 3.90. The Kier molecular flexibility index (Phi) is 4.25. The zero-order valence-electron chi connectivity index (χ0n) is 13.9. The van der Waals surface area contributed by atoms with E-state index in [9.17, 15) is 9.59 Å². The number of carbonyl (C=O) groups is 1. The lowest BCUT2D eigenvalue weighted by Crippen LogP contribution is -2.37. The number of carbonyl (C=O) groups excluding carboxylic acids is 1. The molecule has 1 fully saturated rings. The first kappa shape index (κ1) is 16.8. The second kappa shape index (κ2) is 6.09. The van der Waals surface area contributed by atoms with E-state index >= 15 is 0 Å². The Bertz CT molecular complexity index is 841. The summed E-state index contributed by atoms with van der Waals surface area (Å²) in [6.45, 7) is 6.06. The first-order chi connectivity index (χ1) is 11.3. The zero-order valence-corrected chi connectivity index (χ0v) is 14.7. The van der Waals surface area contributed by atoms with E-state index < -0.39 is 5.60 Å². The van der Waals surface area contributed by atoms with Crippen LogP contribution in [-0.2, 0) is 4.74 Å². The summed E-state index contributed by atoms with van der Waals surface area (Å²) in [5, 5.41) is 0.730. The molecule has 1 aliphatic heterocycles. The lowest BCUT2D eigenvalue weighted by Gasteiger charge is -2.28. The maximum absolute atomic E-state index is 12.4. The zero-order chi connectivity index (χ0) is 17.5. The average Bonchev–Trinajstić information content (AvgIpc) is 2.94. The van der Waals surface area contributed by atoms with Gasteiger partial charge >= 0.3 is 6.09 Å². The summed E-state index contributed by atoms with van der Waals surface area (Å²) in [4.78, 5) is 33.7. The van der Waals surface area contributed by atoms with Gasteiger partial charge in [-0.3, -0.25) is 9.69 Å². The van der Waals surface area contributed by atoms with Crippen LogP contribution in [0.5, 0.6) is 0 Å². The van der Waals surface area contributed by atoms with Gasteiger partial charge in [-0.1, -0.05) is 17.7 Å². The summed E-state index contributed by atoms with van der Waals surface area (Å²) in [7, 11) is 0. The molecule has 1 amide bonds. The van der Waals surface area contributed by atoms with Crippen molar-refractivity contribution in [3.8, 4) is 0 Å². The summed E-state index contributed by atoms with van der Waals surface area (Å²) in [6, 6.07) is 4.85. The van der Waals surface area contributed by atoms with Crippen molar-refractivity contribution in [1.29, 1.82) is 0 Å². The van der Waals surface area contributed by atoms with Crippen molar-refractivity contribution in [1.82, 2.24) is 14.9 Å². The molecular formula is C17H20ClN3O3. The van der Waals surface area contributed by atoms with Gasteiger partial charge in [-0.15, -0.1) is 0 Å². The number of nitrogens with one attached hydrogen (secondary N) is 1. The Hall–Kier alpha value is -2.08. The lowest BCUT2D eigenvalue weighted by atomic mass is 10.2. The molecule has 1 aromatic carbocycles. The molecule has 2 heterocycles. The average molecular weight is 350 g/mol. The minimum absolute atomic E-state index is 0.295. The Morgan fingerprint density at radius 3 is 2.88 bits per heavy atom. The highest BCUT2D eigenvalue weighted by atomic mass is 35.5. The standard InChI is InChI=1S/C17H20ClN3O3/c1-17(2,3)24-16(23)21-9-5-8-12(21)14-19-11-7-4-6-10(18)13(11)15(22)20-14/h4,6-7,12H,5,8-9H2,1-3H3,(H,19,20,22)/t12-/m0/s1. The molecule has 0 radical (unpaired) electrons. The SMILES string of the molecule is CC(C)(C)OC(=O)N1CCC[C@H]1c1nc2cccc(Cl)c2c(=O)[nH]1. The van der Waals surface area contributed by atoms with Crippen molar-refractivity contribution in [2.75, 3.05) is 6.54 Å². The molecule has 24 heavy (non-hydrogen) atoms. The summed E-state index contributed by atoms with van der Waals surface area (Å²) in [5.74, 6) is 0.470. The predicted octanol–water partition coefficient (Wildman–Crippen LogP) is 3.65. The van der Waals surface area contributed by atoms with Gasteiger partial charge in [0.1, 0.15) is 11.4 Å². The van der Waals surface area contributed by atoms with Crippen LogP contribution in [0.25, 0.3) is 10.9 Å². The highest BCUT2D eigenvalue weighted by Gasteiger charge is 2.34. The molecule has 0 unspecified atom stereocenters. The number of aromatic nitrogens is 2. The number of hydrogen-bond donors (Lipinski definition) is 1. The van der Waals surface area contributed by atoms with Crippen molar-refractivity contribution in [3.05, 3.63) is 39.4 Å². The number of ether oxygens (including phenoxy) is 1. The maximum atomic E-state index is 12.4. The van der Waals surface area contributed by atoms with E-state index in [0.717, 1.165) is 12.8 Å². The number of benzene rings is 1. The van der Waals surface area contributed by atoms with E-state index in [1.165, 1.54) is 0 Å². The number of halogens is 1. The molecule has 0 bridgehead atoms. The minimum atomic E-state index is -0.567. The molecule has 1 N–H and O–H groups in total. The van der Waals surface area contributed by atoms with Gasteiger partial charge in [0.25, 0.3) is 5.56 Å². The van der Waals surface area contributed by atoms with Crippen LogP contribution < -0.4 is 5.56 Å². The molecule has 1 aliphatic rings. The smallest absolute Gasteiger partial charge is 0.410 e. The van der Waals surface area contributed by atoms with E-state index in [4.69, 9.17) is 16.3 Å². The Balaban J connectivity index is 1.97. The summed E-state index contributed by atoms with van der Waals surface area (Å²) >= 11 is 6.08. The third-order valence-corrected chi connectivity index (χ3v) is 4.21. The largest absolute Gasteiger partial charge is 0.444 e. The van der Waals surface area contributed by atoms with Crippen LogP contribution in [-0.4, -0.2) is 33.1 Å². The number of H-pyrrole nitrogens is 1. The molecule has 0 saturated carbocycles. The van der Waals surface area contributed by atoms with Crippen molar-refractivity contribution in [2.24, 2.45) is 0 Å². The highest BCUT2D eigenvalue weighted by molar-refractivity contribution is 6.35. The van der Waals surface area contributed by atoms with Gasteiger partial charge in [0, 0.05) is 6.54 Å². The maximum Gasteiger partial charge on any atom is 0.410 e. The van der Waals surface area contributed by atoms with Crippen LogP contribution in [0.3, 0.4) is 0 Å². The van der Waals surface area contributed by atoms with E-state index in [1.807, 2.05) is 20.8 Å². The monoisotopic (exact) mass is 349 g/mol. The number of aromatic amines is 1. The van der Waals surface area contributed by atoms with E-state index in [2.05, 4.69) is 9.97 Å².